The fourth-order valence-electron chi connectivity index (χ4n) is 5.28. The van der Waals surface area contributed by atoms with Gasteiger partial charge >= 0.3 is 75.5 Å². The Labute approximate surface area is 323 Å². The van der Waals surface area contributed by atoms with Crippen LogP contribution in [0.4, 0.5) is 0 Å². The number of carbonyl (C=O) groups excluding carboxylic acids is 2. The van der Waals surface area contributed by atoms with Crippen molar-refractivity contribution in [1.29, 1.82) is 0 Å². The summed E-state index contributed by atoms with van der Waals surface area (Å²) in [6.07, 6.45) is 39.7. The van der Waals surface area contributed by atoms with Gasteiger partial charge in [-0.15, -0.1) is 0 Å². The normalized spacial score (nSPS) is 10.3. The quantitative estimate of drug-likeness (QED) is 0.0540. The number of carboxylic acid groups (broad SMARTS) is 2. The summed E-state index contributed by atoms with van der Waals surface area (Å²) in [6.45, 7) is 4.53. The molecule has 0 amide bonds. The monoisotopic (exact) mass is 648 g/mol. The second-order valence-electron chi connectivity index (χ2n) is 12.1. The van der Waals surface area contributed by atoms with Crippen molar-refractivity contribution >= 4 is 87.4 Å². The first kappa shape index (κ1) is 50.3. The van der Waals surface area contributed by atoms with Gasteiger partial charge in [0.05, 0.1) is 0 Å². The zero-order valence-corrected chi connectivity index (χ0v) is 30.2. The Bertz CT molecular complexity index is 459. The third-order valence-electron chi connectivity index (χ3n) is 7.97. The van der Waals surface area contributed by atoms with Gasteiger partial charge in [-0.05, 0) is 25.7 Å². The van der Waals surface area contributed by atoms with Crippen LogP contribution in [0, 0.1) is 0 Å². The van der Waals surface area contributed by atoms with Crippen LogP contribution < -0.4 is 10.2 Å². The molecule has 0 unspecified atom stereocenters. The molecule has 0 spiro atoms. The summed E-state index contributed by atoms with van der Waals surface area (Å²) in [5, 5.41) is 20.4. The van der Waals surface area contributed by atoms with E-state index in [1.165, 1.54) is 167 Å². The predicted octanol–water partition coefficient (Wildman–Crippen LogP) is 8.70. The molecule has 0 fully saturated rings. The molecule has 0 aromatic heterocycles. The average molecular weight is 649 g/mol. The molecule has 0 aliphatic rings. The second kappa shape index (κ2) is 46.9. The van der Waals surface area contributed by atoms with Crippen LogP contribution in [-0.2, 0) is 9.59 Å². The van der Waals surface area contributed by atoms with Crippen LogP contribution in [0.15, 0.2) is 0 Å². The number of hydrogen-bond donors (Lipinski definition) is 0. The summed E-state index contributed by atoms with van der Waals surface area (Å²) in [7, 11) is 0. The molecule has 0 atom stereocenters. The first-order chi connectivity index (χ1) is 19.5. The fraction of sp³-hybridized carbons (Fsp3) is 0.944. The van der Waals surface area contributed by atoms with Crippen molar-refractivity contribution in [3.63, 3.8) is 0 Å². The summed E-state index contributed by atoms with van der Waals surface area (Å²) in [4.78, 5) is 20.4. The molecule has 0 N–H and O–H groups in total. The molecule has 0 saturated heterocycles. The van der Waals surface area contributed by atoms with Crippen LogP contribution in [0.1, 0.15) is 219 Å². The Morgan fingerprint density at radius 1 is 0.333 bits per heavy atom. The van der Waals surface area contributed by atoms with E-state index in [4.69, 9.17) is 0 Å². The van der Waals surface area contributed by atoms with Crippen molar-refractivity contribution in [3.05, 3.63) is 0 Å². The van der Waals surface area contributed by atoms with Gasteiger partial charge in [-0.2, -0.15) is 0 Å². The average Bonchev–Trinajstić information content (AvgIpc) is 2.93. The minimum atomic E-state index is -0.903. The Morgan fingerprint density at radius 2 is 0.476 bits per heavy atom. The van der Waals surface area contributed by atoms with Crippen LogP contribution in [0.25, 0.3) is 0 Å². The van der Waals surface area contributed by atoms with E-state index >= 15 is 0 Å². The van der Waals surface area contributed by atoms with Crippen molar-refractivity contribution in [3.8, 4) is 0 Å². The van der Waals surface area contributed by atoms with E-state index in [0.29, 0.717) is 0 Å². The molecule has 0 aromatic carbocycles. The fourth-order valence-corrected chi connectivity index (χ4v) is 5.28. The number of carboxylic acids is 2. The molecule has 244 valence electrons. The van der Waals surface area contributed by atoms with Crippen molar-refractivity contribution < 1.29 is 19.8 Å². The van der Waals surface area contributed by atoms with Crippen molar-refractivity contribution in [2.75, 3.05) is 0 Å². The molecule has 0 aliphatic heterocycles. The molecular formula is C36H72Ca2O4. The molecule has 42 heavy (non-hydrogen) atoms. The Hall–Kier alpha value is 1.46. The van der Waals surface area contributed by atoms with Crippen LogP contribution >= 0.6 is 0 Å². The van der Waals surface area contributed by atoms with Gasteiger partial charge in [0.2, 0.25) is 0 Å². The van der Waals surface area contributed by atoms with E-state index < -0.39 is 11.9 Å². The molecular weight excluding hydrogens is 577 g/mol. The first-order valence-corrected chi connectivity index (χ1v) is 17.9. The molecule has 0 saturated carbocycles. The summed E-state index contributed by atoms with van der Waals surface area (Å²) >= 11 is 0. The van der Waals surface area contributed by atoms with Gasteiger partial charge in [-0.25, -0.2) is 0 Å². The molecule has 0 heterocycles. The number of unbranched alkanes of at least 4 members (excludes halogenated alkanes) is 28. The minimum absolute atomic E-state index is 0. The van der Waals surface area contributed by atoms with E-state index in [0.717, 1.165) is 25.7 Å². The third-order valence-corrected chi connectivity index (χ3v) is 7.97. The Morgan fingerprint density at radius 3 is 0.619 bits per heavy atom. The van der Waals surface area contributed by atoms with Gasteiger partial charge in [-0.1, -0.05) is 194 Å². The van der Waals surface area contributed by atoms with E-state index in [9.17, 15) is 19.8 Å². The van der Waals surface area contributed by atoms with E-state index in [1.807, 2.05) is 0 Å². The standard InChI is InChI=1S/2C18H36O2.2Ca.2H/c2*1-2-3-4-5-6-7-8-9-10-11-12-13-14-15-16-17-18(19)20;;;;/h2*2-17H2,1H3,(H,19,20);;;;/q;;;+2;;/p-2. The van der Waals surface area contributed by atoms with Crippen molar-refractivity contribution in [1.82, 2.24) is 0 Å². The molecule has 6 heteroatoms. The number of aliphatic carboxylic acids is 2. The van der Waals surface area contributed by atoms with Crippen molar-refractivity contribution in [2.24, 2.45) is 0 Å². The summed E-state index contributed by atoms with van der Waals surface area (Å²) in [5.41, 5.74) is 0. The summed E-state index contributed by atoms with van der Waals surface area (Å²) in [6, 6.07) is 0. The van der Waals surface area contributed by atoms with Crippen molar-refractivity contribution in [2.45, 2.75) is 219 Å². The van der Waals surface area contributed by atoms with Crippen LogP contribution in [0.5, 0.6) is 0 Å². The topological polar surface area (TPSA) is 80.3 Å². The summed E-state index contributed by atoms with van der Waals surface area (Å²) < 4.78 is 0. The van der Waals surface area contributed by atoms with Gasteiger partial charge in [0.15, 0.2) is 0 Å². The Kier molecular flexibility index (Phi) is 56.2. The second-order valence-corrected chi connectivity index (χ2v) is 12.1. The maximum atomic E-state index is 10.2. The molecule has 4 nitrogen and oxygen atoms in total. The molecule has 0 radical (unpaired) electrons. The van der Waals surface area contributed by atoms with Crippen LogP contribution in [0.3, 0.4) is 0 Å². The van der Waals surface area contributed by atoms with E-state index in [1.54, 1.807) is 0 Å². The van der Waals surface area contributed by atoms with E-state index in [-0.39, 0.29) is 88.3 Å². The van der Waals surface area contributed by atoms with Gasteiger partial charge in [0.1, 0.15) is 0 Å². The maximum absolute atomic E-state index is 10.2. The molecule has 0 aliphatic carbocycles. The van der Waals surface area contributed by atoms with E-state index in [2.05, 4.69) is 13.8 Å². The SMILES string of the molecule is CCCCCCCCCCCCCCCCCC(=O)[O-].CCCCCCCCCCCCCCCCCC(=O)[O-].[Ca+2].[CaH2]. The zero-order valence-electron chi connectivity index (χ0n) is 28.0. The number of hydrogen-bond acceptors (Lipinski definition) is 4. The predicted molar refractivity (Wildman–Crippen MR) is 183 cm³/mol. The summed E-state index contributed by atoms with van der Waals surface area (Å²) in [5.74, 6) is -1.81. The Balaban J connectivity index is -0.000000328. The molecule has 0 aromatic rings. The van der Waals surface area contributed by atoms with Crippen LogP contribution in [0.2, 0.25) is 0 Å². The van der Waals surface area contributed by atoms with Gasteiger partial charge in [-0.3, -0.25) is 0 Å². The zero-order chi connectivity index (χ0) is 29.8. The van der Waals surface area contributed by atoms with Gasteiger partial charge < -0.3 is 19.8 Å². The molecule has 0 bridgehead atoms. The number of carbonyl (C=O) groups is 2. The van der Waals surface area contributed by atoms with Crippen LogP contribution in [-0.4, -0.2) is 87.4 Å². The van der Waals surface area contributed by atoms with Gasteiger partial charge in [0, 0.05) is 11.9 Å². The van der Waals surface area contributed by atoms with Gasteiger partial charge in [0.25, 0.3) is 0 Å². The molecule has 0 rings (SSSR count). The first-order valence-electron chi connectivity index (χ1n) is 17.9. The third kappa shape index (κ3) is 54.0. The number of rotatable bonds is 32.